The van der Waals surface area contributed by atoms with Gasteiger partial charge in [-0.3, -0.25) is 5.16 Å². The maximum Gasteiger partial charge on any atom is 0.306 e. The Kier molecular flexibility index (Phi) is 5.05. The molecule has 3 aliphatic rings. The summed E-state index contributed by atoms with van der Waals surface area (Å²) in [5.74, 6) is 2.40. The van der Waals surface area contributed by atoms with Crippen LogP contribution in [-0.4, -0.2) is 129 Å². The predicted octanol–water partition coefficient (Wildman–Crippen LogP) is 0.211. The van der Waals surface area contributed by atoms with E-state index in [0.717, 1.165) is 57.1 Å². The molecule has 3 rings (SSSR count). The first-order valence-corrected chi connectivity index (χ1v) is 10.6. The van der Waals surface area contributed by atoms with E-state index in [9.17, 15) is 0 Å². The minimum absolute atomic E-state index is 0.800. The van der Waals surface area contributed by atoms with Crippen molar-refractivity contribution in [2.75, 3.05) is 81.6 Å². The molecule has 10 nitrogen and oxygen atoms in total. The van der Waals surface area contributed by atoms with E-state index < -0.39 is 7.51 Å². The van der Waals surface area contributed by atoms with Gasteiger partial charge in [-0.05, 0) is 0 Å². The lowest BCUT2D eigenvalue weighted by Crippen LogP contribution is -2.30. The lowest BCUT2D eigenvalue weighted by molar-refractivity contribution is 0.553. The Morgan fingerprint density at radius 2 is 0.731 bits per heavy atom. The highest BCUT2D eigenvalue weighted by Crippen LogP contribution is 2.53. The summed E-state index contributed by atoms with van der Waals surface area (Å²) in [5, 5.41) is 9.14. The van der Waals surface area contributed by atoms with Crippen LogP contribution >= 0.6 is 7.51 Å². The molecule has 0 saturated carbocycles. The second-order valence-electron chi connectivity index (χ2n) is 7.30. The SMILES string of the molecule is CN1CCN(C)C1=NP(=N)(N=C1N(C)CCN1C)N=C1N(C)CCN1C. The number of guanidine groups is 3. The number of rotatable bonds is 3. The van der Waals surface area contributed by atoms with Crippen molar-refractivity contribution >= 4 is 25.4 Å². The Morgan fingerprint density at radius 1 is 0.538 bits per heavy atom. The van der Waals surface area contributed by atoms with E-state index in [1.165, 1.54) is 0 Å². The quantitative estimate of drug-likeness (QED) is 0.703. The van der Waals surface area contributed by atoms with E-state index in [1.54, 1.807) is 0 Å². The second-order valence-corrected chi connectivity index (χ2v) is 9.03. The van der Waals surface area contributed by atoms with E-state index in [0.29, 0.717) is 0 Å². The number of hydrogen-bond donors (Lipinski definition) is 1. The van der Waals surface area contributed by atoms with E-state index in [1.807, 2.05) is 42.3 Å². The molecule has 1 N–H and O–H groups in total. The lowest BCUT2D eigenvalue weighted by atomic mass is 10.6. The molecule has 0 aliphatic carbocycles. The highest BCUT2D eigenvalue weighted by molar-refractivity contribution is 7.61. The molecular formula is C15H31N10P. The van der Waals surface area contributed by atoms with Crippen molar-refractivity contribution in [1.29, 1.82) is 5.16 Å². The van der Waals surface area contributed by atoms with Gasteiger partial charge >= 0.3 is 7.51 Å². The molecule has 3 heterocycles. The van der Waals surface area contributed by atoms with Crippen LogP contribution in [0.4, 0.5) is 0 Å². The Morgan fingerprint density at radius 3 is 0.923 bits per heavy atom. The third-order valence-electron chi connectivity index (χ3n) is 5.05. The maximum atomic E-state index is 9.14. The van der Waals surface area contributed by atoms with Crippen molar-refractivity contribution in [2.45, 2.75) is 0 Å². The van der Waals surface area contributed by atoms with Crippen LogP contribution in [-0.2, 0) is 0 Å². The van der Waals surface area contributed by atoms with E-state index in [2.05, 4.69) is 29.4 Å². The van der Waals surface area contributed by atoms with Crippen LogP contribution in [0.15, 0.2) is 14.3 Å². The average Bonchev–Trinajstić information content (AvgIpc) is 3.18. The van der Waals surface area contributed by atoms with Crippen LogP contribution < -0.4 is 0 Å². The first kappa shape index (κ1) is 18.8. The number of nitrogens with zero attached hydrogens (tertiary/aromatic N) is 9. The summed E-state index contributed by atoms with van der Waals surface area (Å²) in [5.41, 5.74) is 0. The zero-order valence-electron chi connectivity index (χ0n) is 16.7. The van der Waals surface area contributed by atoms with Gasteiger partial charge in [0.25, 0.3) is 0 Å². The van der Waals surface area contributed by atoms with Crippen molar-refractivity contribution in [1.82, 2.24) is 29.4 Å². The first-order chi connectivity index (χ1) is 12.2. The summed E-state index contributed by atoms with van der Waals surface area (Å²) in [4.78, 5) is 12.5. The van der Waals surface area contributed by atoms with Crippen LogP contribution in [0.25, 0.3) is 0 Å². The van der Waals surface area contributed by atoms with Gasteiger partial charge in [-0.15, -0.1) is 0 Å². The van der Waals surface area contributed by atoms with Crippen molar-refractivity contribution < 1.29 is 0 Å². The van der Waals surface area contributed by atoms with E-state index in [-0.39, 0.29) is 0 Å². The van der Waals surface area contributed by atoms with Crippen molar-refractivity contribution in [3.63, 3.8) is 0 Å². The van der Waals surface area contributed by atoms with Gasteiger partial charge in [0.2, 0.25) is 17.9 Å². The Hall–Kier alpha value is -1.96. The van der Waals surface area contributed by atoms with E-state index >= 15 is 0 Å². The third-order valence-corrected chi connectivity index (χ3v) is 6.42. The van der Waals surface area contributed by atoms with Gasteiger partial charge in [0, 0.05) is 81.6 Å². The van der Waals surface area contributed by atoms with Crippen molar-refractivity contribution in [2.24, 2.45) is 14.3 Å². The fourth-order valence-corrected chi connectivity index (χ4v) is 5.07. The fourth-order valence-electron chi connectivity index (χ4n) is 3.27. The molecular weight excluding hydrogens is 351 g/mol. The summed E-state index contributed by atoms with van der Waals surface area (Å²) in [7, 11) is 8.97. The highest BCUT2D eigenvalue weighted by atomic mass is 31.2. The summed E-state index contributed by atoms with van der Waals surface area (Å²) >= 11 is 0. The molecule has 11 heteroatoms. The molecule has 0 aromatic carbocycles. The molecule has 3 fully saturated rings. The van der Waals surface area contributed by atoms with Crippen molar-refractivity contribution in [3.8, 4) is 0 Å². The number of nitrogens with one attached hydrogen (secondary N) is 1. The van der Waals surface area contributed by atoms with Gasteiger partial charge in [0.1, 0.15) is 0 Å². The zero-order valence-corrected chi connectivity index (χ0v) is 17.6. The minimum Gasteiger partial charge on any atom is -0.344 e. The normalized spacial score (nSPS) is 21.5. The molecule has 26 heavy (non-hydrogen) atoms. The van der Waals surface area contributed by atoms with Crippen LogP contribution in [0.1, 0.15) is 0 Å². The molecule has 0 amide bonds. The van der Waals surface area contributed by atoms with Gasteiger partial charge in [-0.1, -0.05) is 0 Å². The number of hydrogen-bond acceptors (Lipinski definition) is 1. The second kappa shape index (κ2) is 6.98. The zero-order chi connectivity index (χ0) is 19.1. The first-order valence-electron chi connectivity index (χ1n) is 8.92. The molecule has 3 saturated heterocycles. The van der Waals surface area contributed by atoms with Gasteiger partial charge in [0.05, 0.1) is 0 Å². The molecule has 146 valence electrons. The van der Waals surface area contributed by atoms with Crippen LogP contribution in [0.2, 0.25) is 0 Å². The molecule has 0 aromatic rings. The maximum absolute atomic E-state index is 9.14. The van der Waals surface area contributed by atoms with Crippen LogP contribution in [0.5, 0.6) is 0 Å². The van der Waals surface area contributed by atoms with Crippen LogP contribution in [0, 0.1) is 5.16 Å². The smallest absolute Gasteiger partial charge is 0.306 e. The molecule has 0 radical (unpaired) electrons. The van der Waals surface area contributed by atoms with Crippen molar-refractivity contribution in [3.05, 3.63) is 0 Å². The molecule has 0 unspecified atom stereocenters. The molecule has 0 bridgehead atoms. The predicted molar refractivity (Wildman–Crippen MR) is 108 cm³/mol. The van der Waals surface area contributed by atoms with E-state index in [4.69, 9.17) is 19.5 Å². The topological polar surface area (TPSA) is 80.4 Å². The van der Waals surface area contributed by atoms with Gasteiger partial charge in [-0.25, -0.2) is 0 Å². The molecule has 0 atom stereocenters. The lowest BCUT2D eigenvalue weighted by Gasteiger charge is -2.23. The van der Waals surface area contributed by atoms with Gasteiger partial charge < -0.3 is 29.4 Å². The summed E-state index contributed by atoms with van der Waals surface area (Å²) in [6.45, 7) is 5.43. The van der Waals surface area contributed by atoms with Gasteiger partial charge in [-0.2, -0.15) is 14.3 Å². The Labute approximate surface area is 156 Å². The summed E-state index contributed by atoms with van der Waals surface area (Å²) in [6.07, 6.45) is 0. The summed E-state index contributed by atoms with van der Waals surface area (Å²) in [6, 6.07) is 0. The van der Waals surface area contributed by atoms with Gasteiger partial charge in [0.15, 0.2) is 0 Å². The Balaban J connectivity index is 2.07. The summed E-state index contributed by atoms with van der Waals surface area (Å²) < 4.78 is 14.4. The monoisotopic (exact) mass is 382 g/mol. The Bertz CT molecular complexity index is 560. The van der Waals surface area contributed by atoms with Crippen LogP contribution in [0.3, 0.4) is 0 Å². The third kappa shape index (κ3) is 3.60. The fraction of sp³-hybridized carbons (Fsp3) is 0.800. The number of likely N-dealkylation sites (N-methyl/N-ethyl adjacent to an activating group) is 6. The average molecular weight is 382 g/mol. The molecule has 0 aromatic heterocycles. The standard InChI is InChI=1S/C15H31N10P/c1-20-7-8-21(2)13(20)17-26(16,18-14-22(3)9-10-23(14)4)19-15-24(5)11-12-25(15)6/h16H,7-12H2,1-6H3. The largest absolute Gasteiger partial charge is 0.344 e. The highest BCUT2D eigenvalue weighted by Gasteiger charge is 2.31. The molecule has 0 spiro atoms. The molecule has 3 aliphatic heterocycles. The minimum atomic E-state index is -3.08.